The van der Waals surface area contributed by atoms with Crippen molar-refractivity contribution in [1.82, 2.24) is 15.3 Å². The zero-order valence-electron chi connectivity index (χ0n) is 14.5. The Hall–Kier alpha value is -3.06. The molecule has 0 saturated heterocycles. The average Bonchev–Trinajstić information content (AvgIpc) is 3.11. The van der Waals surface area contributed by atoms with Gasteiger partial charge in [0.05, 0.1) is 24.0 Å². The fourth-order valence-corrected chi connectivity index (χ4v) is 3.36. The van der Waals surface area contributed by atoms with Crippen LogP contribution >= 0.6 is 11.6 Å². The first-order chi connectivity index (χ1) is 13.5. The second kappa shape index (κ2) is 7.52. The number of benzene rings is 2. The lowest BCUT2D eigenvalue weighted by molar-refractivity contribution is 0.0928. The highest BCUT2D eigenvalue weighted by Gasteiger charge is 2.28. The van der Waals surface area contributed by atoms with Crippen LogP contribution in [0.15, 0.2) is 48.9 Å². The van der Waals surface area contributed by atoms with Crippen molar-refractivity contribution < 1.29 is 18.3 Å². The smallest absolute Gasteiger partial charge is 0.254 e. The third-order valence-electron chi connectivity index (χ3n) is 4.39. The summed E-state index contributed by atoms with van der Waals surface area (Å²) in [5, 5.41) is 3.12. The van der Waals surface area contributed by atoms with Crippen molar-refractivity contribution in [2.45, 2.75) is 12.5 Å². The van der Waals surface area contributed by atoms with Crippen LogP contribution in [0.4, 0.5) is 8.78 Å². The van der Waals surface area contributed by atoms with Gasteiger partial charge in [-0.1, -0.05) is 17.7 Å². The molecule has 0 saturated carbocycles. The number of nitrogens with one attached hydrogen (secondary N) is 1. The summed E-state index contributed by atoms with van der Waals surface area (Å²) in [5.41, 5.74) is 1.86. The van der Waals surface area contributed by atoms with Crippen LogP contribution in [-0.4, -0.2) is 28.5 Å². The van der Waals surface area contributed by atoms with Gasteiger partial charge in [-0.3, -0.25) is 14.8 Å². The topological polar surface area (TPSA) is 64.1 Å². The van der Waals surface area contributed by atoms with Crippen LogP contribution in [0.2, 0.25) is 5.02 Å². The predicted octanol–water partition coefficient (Wildman–Crippen LogP) is 3.81. The maximum atomic E-state index is 13.8. The molecular formula is C20H14ClF2N3O2. The van der Waals surface area contributed by atoms with E-state index in [1.165, 1.54) is 12.1 Å². The Morgan fingerprint density at radius 2 is 2.14 bits per heavy atom. The van der Waals surface area contributed by atoms with Gasteiger partial charge in [0.2, 0.25) is 0 Å². The Bertz CT molecular complexity index is 1050. The van der Waals surface area contributed by atoms with Crippen LogP contribution in [-0.2, 0) is 6.42 Å². The molecule has 5 nitrogen and oxygen atoms in total. The second-order valence-corrected chi connectivity index (χ2v) is 6.72. The number of carbonyl (C=O) groups is 1. The second-order valence-electron chi connectivity index (χ2n) is 6.29. The van der Waals surface area contributed by atoms with E-state index < -0.39 is 17.5 Å². The van der Waals surface area contributed by atoms with Gasteiger partial charge in [-0.2, -0.15) is 0 Å². The number of rotatable bonds is 4. The summed E-state index contributed by atoms with van der Waals surface area (Å²) in [5.74, 6) is -2.32. The van der Waals surface area contributed by atoms with Gasteiger partial charge < -0.3 is 10.1 Å². The number of amides is 1. The summed E-state index contributed by atoms with van der Waals surface area (Å²) in [6.07, 6.45) is 4.89. The molecule has 0 bridgehead atoms. The molecule has 0 aliphatic carbocycles. The van der Waals surface area contributed by atoms with Gasteiger partial charge in [-0.15, -0.1) is 0 Å². The minimum Gasteiger partial charge on any atom is -0.487 e. The minimum absolute atomic E-state index is 0.126. The standard InChI is InChI=1S/C20H14ClF2N3O2/c21-12-6-11-7-13(9-26-20(27)14-2-1-3-16(22)18(14)23)28-19(11)15(8-12)17-10-24-4-5-25-17/h1-6,8,10,13H,7,9H2,(H,26,27). The van der Waals surface area contributed by atoms with Gasteiger partial charge in [0, 0.05) is 35.0 Å². The Labute approximate surface area is 164 Å². The highest BCUT2D eigenvalue weighted by molar-refractivity contribution is 6.31. The molecule has 0 spiro atoms. The maximum absolute atomic E-state index is 13.8. The van der Waals surface area contributed by atoms with Crippen molar-refractivity contribution in [3.05, 3.63) is 76.7 Å². The van der Waals surface area contributed by atoms with Gasteiger partial charge in [-0.25, -0.2) is 8.78 Å². The van der Waals surface area contributed by atoms with Gasteiger partial charge in [0.25, 0.3) is 5.91 Å². The Kier molecular flexibility index (Phi) is 4.92. The monoisotopic (exact) mass is 401 g/mol. The number of fused-ring (bicyclic) bond motifs is 1. The molecule has 1 atom stereocenters. The molecule has 1 aliphatic heterocycles. The van der Waals surface area contributed by atoms with Crippen molar-refractivity contribution in [1.29, 1.82) is 0 Å². The molecule has 4 rings (SSSR count). The van der Waals surface area contributed by atoms with E-state index >= 15 is 0 Å². The third-order valence-corrected chi connectivity index (χ3v) is 4.61. The molecule has 28 heavy (non-hydrogen) atoms. The summed E-state index contributed by atoms with van der Waals surface area (Å²) < 4.78 is 33.0. The molecule has 0 fully saturated rings. The maximum Gasteiger partial charge on any atom is 0.254 e. The SMILES string of the molecule is O=C(NCC1Cc2cc(Cl)cc(-c3cnccn3)c2O1)c1cccc(F)c1F. The molecule has 1 aromatic heterocycles. The van der Waals surface area contributed by atoms with Crippen LogP contribution in [0.5, 0.6) is 5.75 Å². The first-order valence-electron chi connectivity index (χ1n) is 8.50. The largest absolute Gasteiger partial charge is 0.487 e. The van der Waals surface area contributed by atoms with E-state index in [0.29, 0.717) is 28.5 Å². The molecule has 0 radical (unpaired) electrons. The highest BCUT2D eigenvalue weighted by atomic mass is 35.5. The van der Waals surface area contributed by atoms with Gasteiger partial charge >= 0.3 is 0 Å². The number of ether oxygens (including phenoxy) is 1. The lowest BCUT2D eigenvalue weighted by Crippen LogP contribution is -2.35. The van der Waals surface area contributed by atoms with Crippen LogP contribution < -0.4 is 10.1 Å². The molecule has 1 amide bonds. The van der Waals surface area contributed by atoms with E-state index in [4.69, 9.17) is 16.3 Å². The van der Waals surface area contributed by atoms with E-state index in [1.807, 2.05) is 0 Å². The quantitative estimate of drug-likeness (QED) is 0.722. The number of hydrogen-bond donors (Lipinski definition) is 1. The summed E-state index contributed by atoms with van der Waals surface area (Å²) in [6.45, 7) is 0.126. The number of halogens is 3. The number of aromatic nitrogens is 2. The zero-order chi connectivity index (χ0) is 19.7. The average molecular weight is 402 g/mol. The molecular weight excluding hydrogens is 388 g/mol. The number of nitrogens with zero attached hydrogens (tertiary/aromatic N) is 2. The van der Waals surface area contributed by atoms with Crippen LogP contribution in [0.3, 0.4) is 0 Å². The Morgan fingerprint density at radius 3 is 2.93 bits per heavy atom. The lowest BCUT2D eigenvalue weighted by atomic mass is 10.0. The molecule has 1 unspecified atom stereocenters. The Morgan fingerprint density at radius 1 is 1.29 bits per heavy atom. The summed E-state index contributed by atoms with van der Waals surface area (Å²) in [7, 11) is 0. The van der Waals surface area contributed by atoms with E-state index in [2.05, 4.69) is 15.3 Å². The Balaban J connectivity index is 1.50. The molecule has 1 N–H and O–H groups in total. The van der Waals surface area contributed by atoms with E-state index in [-0.39, 0.29) is 18.2 Å². The van der Waals surface area contributed by atoms with Crippen molar-refractivity contribution in [2.24, 2.45) is 0 Å². The fourth-order valence-electron chi connectivity index (χ4n) is 3.12. The molecule has 8 heteroatoms. The molecule has 1 aliphatic rings. The van der Waals surface area contributed by atoms with Crippen LogP contribution in [0.25, 0.3) is 11.3 Å². The van der Waals surface area contributed by atoms with Crippen molar-refractivity contribution in [3.63, 3.8) is 0 Å². The summed E-state index contributed by atoms with van der Waals surface area (Å²) in [6, 6.07) is 7.01. The molecule has 2 heterocycles. The normalized spacial score (nSPS) is 15.0. The van der Waals surface area contributed by atoms with Gasteiger partial charge in [-0.05, 0) is 24.3 Å². The van der Waals surface area contributed by atoms with Gasteiger partial charge in [0.1, 0.15) is 11.9 Å². The van der Waals surface area contributed by atoms with E-state index in [1.54, 1.807) is 30.7 Å². The first-order valence-corrected chi connectivity index (χ1v) is 8.88. The summed E-state index contributed by atoms with van der Waals surface area (Å²) >= 11 is 6.22. The lowest BCUT2D eigenvalue weighted by Gasteiger charge is -2.13. The predicted molar refractivity (Wildman–Crippen MR) is 99.3 cm³/mol. The van der Waals surface area contributed by atoms with Crippen molar-refractivity contribution in [3.8, 4) is 17.0 Å². The molecule has 142 valence electrons. The third kappa shape index (κ3) is 3.53. The van der Waals surface area contributed by atoms with Crippen molar-refractivity contribution >= 4 is 17.5 Å². The molecule has 2 aromatic carbocycles. The van der Waals surface area contributed by atoms with Gasteiger partial charge in [0.15, 0.2) is 11.6 Å². The number of carbonyl (C=O) groups excluding carboxylic acids is 1. The fraction of sp³-hybridized carbons (Fsp3) is 0.150. The van der Waals surface area contributed by atoms with Crippen LogP contribution in [0, 0.1) is 11.6 Å². The minimum atomic E-state index is -1.17. The molecule has 3 aromatic rings. The first kappa shape index (κ1) is 18.3. The summed E-state index contributed by atoms with van der Waals surface area (Å²) in [4.78, 5) is 20.5. The van der Waals surface area contributed by atoms with E-state index in [0.717, 1.165) is 11.6 Å². The van der Waals surface area contributed by atoms with E-state index in [9.17, 15) is 13.6 Å². The van der Waals surface area contributed by atoms with Crippen LogP contribution in [0.1, 0.15) is 15.9 Å². The zero-order valence-corrected chi connectivity index (χ0v) is 15.2. The number of hydrogen-bond acceptors (Lipinski definition) is 4. The van der Waals surface area contributed by atoms with Crippen molar-refractivity contribution in [2.75, 3.05) is 6.54 Å². The highest BCUT2D eigenvalue weighted by Crippen LogP contribution is 2.40.